The Morgan fingerprint density at radius 3 is 2.62 bits per heavy atom. The van der Waals surface area contributed by atoms with Crippen LogP contribution in [0, 0.1) is 17.3 Å². The maximum Gasteiger partial charge on any atom is 0.324 e. The van der Waals surface area contributed by atoms with Crippen LogP contribution >= 0.6 is 0 Å². The fourth-order valence-electron chi connectivity index (χ4n) is 10.2. The number of carbonyl (C=O) groups excluding carboxylic acids is 5. The van der Waals surface area contributed by atoms with Crippen molar-refractivity contribution in [3.8, 4) is 11.3 Å². The summed E-state index contributed by atoms with van der Waals surface area (Å²) in [6.45, 7) is 19.0. The second-order valence-electron chi connectivity index (χ2n) is 19.2. The van der Waals surface area contributed by atoms with Crippen molar-refractivity contribution in [3.63, 3.8) is 0 Å². The highest BCUT2D eigenvalue weighted by Crippen LogP contribution is 2.42. The Morgan fingerprint density at radius 1 is 1.11 bits per heavy atom. The number of hydrogen-bond donors (Lipinski definition) is 2. The number of hydrazine groups is 1. The first-order chi connectivity index (χ1) is 31.0. The second-order valence-corrected chi connectivity index (χ2v) is 19.2. The van der Waals surface area contributed by atoms with Gasteiger partial charge in [-0.25, -0.2) is 5.43 Å². The highest BCUT2D eigenvalue weighted by Gasteiger charge is 2.41. The Bertz CT molecular complexity index is 2270. The molecule has 4 amide bonds. The van der Waals surface area contributed by atoms with Gasteiger partial charge in [-0.05, 0) is 87.4 Å². The number of pyridine rings is 1. The molecule has 0 spiro atoms. The molecule has 3 saturated heterocycles. The molecular formula is C49H68N8O8. The zero-order valence-corrected chi connectivity index (χ0v) is 39.4. The summed E-state index contributed by atoms with van der Waals surface area (Å²) in [7, 11) is 3.30. The Morgan fingerprint density at radius 2 is 1.89 bits per heavy atom. The van der Waals surface area contributed by atoms with Crippen LogP contribution in [0.5, 0.6) is 0 Å². The zero-order chi connectivity index (χ0) is 46.7. The molecule has 16 heteroatoms. The fourth-order valence-corrected chi connectivity index (χ4v) is 10.2. The van der Waals surface area contributed by atoms with E-state index < -0.39 is 53.3 Å². The van der Waals surface area contributed by atoms with Crippen LogP contribution in [0.2, 0.25) is 0 Å². The van der Waals surface area contributed by atoms with Crippen LogP contribution in [0.25, 0.3) is 22.2 Å². The van der Waals surface area contributed by atoms with Gasteiger partial charge in [-0.2, -0.15) is 0 Å². The molecule has 65 heavy (non-hydrogen) atoms. The van der Waals surface area contributed by atoms with Gasteiger partial charge in [-0.3, -0.25) is 34.0 Å². The Balaban J connectivity index is 1.24. The normalized spacial score (nSPS) is 23.7. The lowest BCUT2D eigenvalue weighted by Gasteiger charge is -2.39. The third-order valence-electron chi connectivity index (χ3n) is 13.6. The number of ether oxygens (including phenoxy) is 3. The molecule has 0 saturated carbocycles. The number of rotatable bonds is 10. The number of likely N-dealkylation sites (N-methyl/N-ethyl adjacent to an activating group) is 1. The average Bonchev–Trinajstić information content (AvgIpc) is 3.92. The Labute approximate surface area is 382 Å². The summed E-state index contributed by atoms with van der Waals surface area (Å²) in [5.74, 6) is -2.57. The fraction of sp³-hybridized carbons (Fsp3) is 0.592. The first-order valence-electron chi connectivity index (χ1n) is 23.3. The number of nitrogens with one attached hydrogen (secondary N) is 2. The van der Waals surface area contributed by atoms with Crippen LogP contribution in [0.3, 0.4) is 0 Å². The number of anilines is 1. The average molecular weight is 897 g/mol. The van der Waals surface area contributed by atoms with E-state index in [-0.39, 0.29) is 43.4 Å². The number of aryl methyl sites for hydroxylation is 1. The highest BCUT2D eigenvalue weighted by molar-refractivity contribution is 5.95. The van der Waals surface area contributed by atoms with Crippen molar-refractivity contribution in [2.75, 3.05) is 65.0 Å². The van der Waals surface area contributed by atoms with Crippen LogP contribution in [0.1, 0.15) is 84.6 Å². The van der Waals surface area contributed by atoms with Crippen LogP contribution in [-0.4, -0.2) is 138 Å². The van der Waals surface area contributed by atoms with Gasteiger partial charge in [0, 0.05) is 93.6 Å². The van der Waals surface area contributed by atoms with Crippen molar-refractivity contribution in [2.45, 2.75) is 111 Å². The maximum absolute atomic E-state index is 14.7. The molecule has 352 valence electrons. The van der Waals surface area contributed by atoms with Crippen molar-refractivity contribution < 1.29 is 38.2 Å². The van der Waals surface area contributed by atoms with Gasteiger partial charge in [0.1, 0.15) is 18.1 Å². The number of benzene rings is 1. The van der Waals surface area contributed by atoms with Crippen molar-refractivity contribution in [1.82, 2.24) is 35.1 Å². The molecule has 0 radical (unpaired) electrons. The summed E-state index contributed by atoms with van der Waals surface area (Å²) in [6.07, 6.45) is 4.57. The minimum absolute atomic E-state index is 0.139. The lowest BCUT2D eigenvalue weighted by Crippen LogP contribution is -2.62. The predicted molar refractivity (Wildman–Crippen MR) is 247 cm³/mol. The van der Waals surface area contributed by atoms with E-state index >= 15 is 0 Å². The third-order valence-corrected chi connectivity index (χ3v) is 13.6. The Kier molecular flexibility index (Phi) is 14.7. The number of likely N-dealkylation sites (tertiary alicyclic amines) is 1. The van der Waals surface area contributed by atoms with E-state index in [1.807, 2.05) is 26.8 Å². The number of methoxy groups -OCH3 is 1. The number of nitrogens with zero attached hydrogens (tertiary/aromatic N) is 6. The molecule has 16 nitrogen and oxygen atoms in total. The van der Waals surface area contributed by atoms with Crippen LogP contribution < -0.4 is 15.6 Å². The van der Waals surface area contributed by atoms with Gasteiger partial charge < -0.3 is 38.8 Å². The predicted octanol–water partition coefficient (Wildman–Crippen LogP) is 4.65. The first-order valence-corrected chi connectivity index (χ1v) is 23.3. The summed E-state index contributed by atoms with van der Waals surface area (Å²) < 4.78 is 20.7. The van der Waals surface area contributed by atoms with Gasteiger partial charge in [-0.1, -0.05) is 34.3 Å². The molecule has 0 aliphatic carbocycles. The standard InChI is InChI=1S/C49H68N8O8/c1-10-41(58)55-21-18-32(27-55)46(60)53(8)43(30(3)4)45(59)51-39-25-34-28-54(22-23-64-34)33-16-17-40-36(24-33)37(44(56(40)11-2)35-14-12-19-50-42(35)31(5)63-9)26-49(6,7)29-65-48(62)38-15-13-20-57(52-38)47(39)61/h10,12,14,16-17,19,24,30-32,34,38-39,43,52H,1,11,13,15,18,20-23,25-29H2,2-9H3,(H,51,59)/t31-,32-,34+,38-,39-,43?/m0/s1. The van der Waals surface area contributed by atoms with Gasteiger partial charge in [0.15, 0.2) is 0 Å². The molecule has 6 bridgehead atoms. The molecule has 6 heterocycles. The van der Waals surface area contributed by atoms with Gasteiger partial charge in [-0.15, -0.1) is 0 Å². The van der Waals surface area contributed by atoms with E-state index in [0.717, 1.165) is 39.1 Å². The molecule has 1 unspecified atom stereocenters. The molecule has 7 rings (SSSR count). The number of morpholine rings is 1. The molecule has 1 aromatic carbocycles. The van der Waals surface area contributed by atoms with Crippen molar-refractivity contribution >= 4 is 46.2 Å². The van der Waals surface area contributed by atoms with E-state index in [0.29, 0.717) is 65.0 Å². The third kappa shape index (κ3) is 10.1. The number of esters is 1. The zero-order valence-electron chi connectivity index (χ0n) is 39.4. The molecular weight excluding hydrogens is 829 g/mol. The molecule has 2 N–H and O–H groups in total. The molecule has 2 aromatic heterocycles. The lowest BCUT2D eigenvalue weighted by molar-refractivity contribution is -0.156. The van der Waals surface area contributed by atoms with Crippen LogP contribution in [0.4, 0.5) is 5.69 Å². The van der Waals surface area contributed by atoms with Crippen molar-refractivity contribution in [1.29, 1.82) is 0 Å². The maximum atomic E-state index is 14.7. The smallest absolute Gasteiger partial charge is 0.324 e. The van der Waals surface area contributed by atoms with E-state index in [1.54, 1.807) is 25.3 Å². The number of fused-ring (bicyclic) bond motifs is 6. The van der Waals surface area contributed by atoms with Gasteiger partial charge in [0.2, 0.25) is 17.7 Å². The SMILES string of the molecule is C=CC(=O)N1CC[C@H](C(=O)N(C)C(C(=O)N[C@H]2C[C@@H]3CN(CCO3)c3ccc4c(c3)c(c(-c3cccnc3[C@H](C)OC)n4CC)CC(C)(C)COC(=O)[C@@H]3CCCN(N3)C2=O)C(C)C)C1. The van der Waals surface area contributed by atoms with Crippen LogP contribution in [-0.2, 0) is 51.1 Å². The summed E-state index contributed by atoms with van der Waals surface area (Å²) in [5.41, 5.74) is 8.75. The summed E-state index contributed by atoms with van der Waals surface area (Å²) in [4.78, 5) is 79.4. The van der Waals surface area contributed by atoms with Crippen molar-refractivity contribution in [3.05, 3.63) is 60.4 Å². The molecule has 3 aromatic rings. The Hall–Kier alpha value is -5.32. The van der Waals surface area contributed by atoms with Crippen molar-refractivity contribution in [2.24, 2.45) is 17.3 Å². The minimum atomic E-state index is -1.05. The van der Waals surface area contributed by atoms with Gasteiger partial charge in [0.25, 0.3) is 5.91 Å². The highest BCUT2D eigenvalue weighted by atomic mass is 16.5. The summed E-state index contributed by atoms with van der Waals surface area (Å²) in [6, 6.07) is 7.87. The largest absolute Gasteiger partial charge is 0.464 e. The van der Waals surface area contributed by atoms with Crippen LogP contribution in [0.15, 0.2) is 49.2 Å². The van der Waals surface area contributed by atoms with E-state index in [9.17, 15) is 24.0 Å². The summed E-state index contributed by atoms with van der Waals surface area (Å²) in [5, 5.41) is 5.58. The lowest BCUT2D eigenvalue weighted by atomic mass is 9.84. The number of carbonyl (C=O) groups is 5. The molecule has 4 aliphatic rings. The second kappa shape index (κ2) is 20.0. The van der Waals surface area contributed by atoms with E-state index in [2.05, 4.69) is 71.8 Å². The summed E-state index contributed by atoms with van der Waals surface area (Å²) >= 11 is 0. The minimum Gasteiger partial charge on any atom is -0.464 e. The topological polar surface area (TPSA) is 168 Å². The molecule has 4 aliphatic heterocycles. The number of hydrogen-bond acceptors (Lipinski definition) is 11. The van der Waals surface area contributed by atoms with Gasteiger partial charge >= 0.3 is 5.97 Å². The van der Waals surface area contributed by atoms with Gasteiger partial charge in [0.05, 0.1) is 42.7 Å². The number of amides is 4. The number of aromatic nitrogens is 2. The molecule has 6 atom stereocenters. The van der Waals surface area contributed by atoms with E-state index in [4.69, 9.17) is 19.2 Å². The number of cyclic esters (lactones) is 1. The monoisotopic (exact) mass is 897 g/mol. The quantitative estimate of drug-likeness (QED) is 0.215. The molecule has 3 fully saturated rings. The first kappa shape index (κ1) is 47.6. The van der Waals surface area contributed by atoms with E-state index in [1.165, 1.54) is 16.0 Å².